The molecule has 0 N–H and O–H groups in total. The Bertz CT molecular complexity index is 361. The zero-order valence-corrected chi connectivity index (χ0v) is 14.0. The van der Waals surface area contributed by atoms with E-state index in [1.165, 1.54) is 11.0 Å². The minimum Gasteiger partial charge on any atom is -0.445 e. The molecule has 122 valence electrons. The fourth-order valence-corrected chi connectivity index (χ4v) is 1.46. The van der Waals surface area contributed by atoms with Crippen molar-refractivity contribution in [2.45, 2.75) is 46.3 Å². The van der Waals surface area contributed by atoms with Crippen molar-refractivity contribution in [2.24, 2.45) is 0 Å². The van der Waals surface area contributed by atoms with Crippen LogP contribution in [-0.2, 0) is 9.47 Å². The molecule has 0 aliphatic carbocycles. The van der Waals surface area contributed by atoms with Gasteiger partial charge in [0.2, 0.25) is 0 Å². The summed E-state index contributed by atoms with van der Waals surface area (Å²) in [5, 5.41) is 0. The third-order valence-electron chi connectivity index (χ3n) is 2.56. The van der Waals surface area contributed by atoms with Crippen LogP contribution in [0.15, 0.2) is 12.7 Å². The van der Waals surface area contributed by atoms with Crippen molar-refractivity contribution in [2.75, 3.05) is 26.7 Å². The Kier molecular flexibility index (Phi) is 7.84. The van der Waals surface area contributed by atoms with Crippen LogP contribution in [0.2, 0.25) is 0 Å². The highest BCUT2D eigenvalue weighted by molar-refractivity contribution is 5.69. The molecule has 6 nitrogen and oxygen atoms in total. The van der Waals surface area contributed by atoms with E-state index in [4.69, 9.17) is 9.47 Å². The lowest BCUT2D eigenvalue weighted by Crippen LogP contribution is -2.44. The third-order valence-corrected chi connectivity index (χ3v) is 2.56. The molecule has 0 radical (unpaired) electrons. The Morgan fingerprint density at radius 1 is 1.19 bits per heavy atom. The number of hydrogen-bond donors (Lipinski definition) is 0. The Labute approximate surface area is 127 Å². The summed E-state index contributed by atoms with van der Waals surface area (Å²) in [6.07, 6.45) is 0.691. The topological polar surface area (TPSA) is 59.1 Å². The lowest BCUT2D eigenvalue weighted by molar-refractivity contribution is 0.0270. The van der Waals surface area contributed by atoms with Crippen molar-refractivity contribution in [1.29, 1.82) is 0 Å². The summed E-state index contributed by atoms with van der Waals surface area (Å²) in [7, 11) is 1.64. The zero-order valence-electron chi connectivity index (χ0n) is 14.0. The number of hydrogen-bond acceptors (Lipinski definition) is 4. The lowest BCUT2D eigenvalue weighted by atomic mass is 10.2. The fraction of sp³-hybridized carbons (Fsp3) is 0.733. The van der Waals surface area contributed by atoms with Gasteiger partial charge >= 0.3 is 12.2 Å². The van der Waals surface area contributed by atoms with Gasteiger partial charge in [0, 0.05) is 26.2 Å². The van der Waals surface area contributed by atoms with Crippen LogP contribution in [0.3, 0.4) is 0 Å². The van der Waals surface area contributed by atoms with Crippen molar-refractivity contribution in [3.05, 3.63) is 12.7 Å². The summed E-state index contributed by atoms with van der Waals surface area (Å²) in [4.78, 5) is 26.7. The van der Waals surface area contributed by atoms with E-state index >= 15 is 0 Å². The number of rotatable bonds is 6. The summed E-state index contributed by atoms with van der Waals surface area (Å²) in [6.45, 7) is 13.6. The molecule has 0 saturated heterocycles. The molecule has 0 unspecified atom stereocenters. The predicted molar refractivity (Wildman–Crippen MR) is 82.3 cm³/mol. The summed E-state index contributed by atoms with van der Waals surface area (Å²) in [5.74, 6) is 0. The maximum atomic E-state index is 11.9. The average molecular weight is 300 g/mol. The molecule has 0 aliphatic heterocycles. The zero-order chi connectivity index (χ0) is 16.6. The van der Waals surface area contributed by atoms with E-state index in [2.05, 4.69) is 6.58 Å². The standard InChI is InChI=1S/C15H28N2O4/c1-8-11-20-14(19)17(12(2)3)10-9-16(7)13(18)21-15(4,5)6/h8,12H,1,9-11H2,2-7H3. The van der Waals surface area contributed by atoms with Crippen LogP contribution in [-0.4, -0.2) is 60.4 Å². The maximum absolute atomic E-state index is 11.9. The number of likely N-dealkylation sites (N-methyl/N-ethyl adjacent to an activating group) is 1. The largest absolute Gasteiger partial charge is 0.445 e. The van der Waals surface area contributed by atoms with Crippen LogP contribution in [0.1, 0.15) is 34.6 Å². The highest BCUT2D eigenvalue weighted by Gasteiger charge is 2.22. The van der Waals surface area contributed by atoms with Gasteiger partial charge in [-0.2, -0.15) is 0 Å². The van der Waals surface area contributed by atoms with Crippen molar-refractivity contribution < 1.29 is 19.1 Å². The van der Waals surface area contributed by atoms with E-state index in [1.54, 1.807) is 11.9 Å². The van der Waals surface area contributed by atoms with Gasteiger partial charge in [-0.1, -0.05) is 12.7 Å². The van der Waals surface area contributed by atoms with E-state index in [0.29, 0.717) is 13.1 Å². The second-order valence-corrected chi connectivity index (χ2v) is 6.05. The number of ether oxygens (including phenoxy) is 2. The molecule has 0 atom stereocenters. The molecule has 21 heavy (non-hydrogen) atoms. The summed E-state index contributed by atoms with van der Waals surface area (Å²) < 4.78 is 10.3. The molecule has 2 amide bonds. The molecule has 0 heterocycles. The number of carbonyl (C=O) groups is 2. The van der Waals surface area contributed by atoms with Gasteiger partial charge in [0.1, 0.15) is 12.2 Å². The highest BCUT2D eigenvalue weighted by atomic mass is 16.6. The Balaban J connectivity index is 4.45. The molecule has 0 fully saturated rings. The van der Waals surface area contributed by atoms with Gasteiger partial charge in [0.25, 0.3) is 0 Å². The van der Waals surface area contributed by atoms with E-state index in [1.807, 2.05) is 34.6 Å². The van der Waals surface area contributed by atoms with Gasteiger partial charge in [-0.15, -0.1) is 0 Å². The van der Waals surface area contributed by atoms with Crippen LogP contribution in [0.4, 0.5) is 9.59 Å². The first-order valence-electron chi connectivity index (χ1n) is 7.07. The van der Waals surface area contributed by atoms with Crippen molar-refractivity contribution in [3.8, 4) is 0 Å². The van der Waals surface area contributed by atoms with Gasteiger partial charge in [-0.3, -0.25) is 0 Å². The van der Waals surface area contributed by atoms with Crippen LogP contribution < -0.4 is 0 Å². The number of nitrogens with zero attached hydrogens (tertiary/aromatic N) is 2. The van der Waals surface area contributed by atoms with E-state index in [-0.39, 0.29) is 12.6 Å². The van der Waals surface area contributed by atoms with Gasteiger partial charge < -0.3 is 19.3 Å². The van der Waals surface area contributed by atoms with E-state index in [0.717, 1.165) is 0 Å². The highest BCUT2D eigenvalue weighted by Crippen LogP contribution is 2.09. The average Bonchev–Trinajstić information content (AvgIpc) is 2.33. The van der Waals surface area contributed by atoms with Crippen LogP contribution in [0, 0.1) is 0 Å². The second kappa shape index (κ2) is 8.54. The molecule has 0 bridgehead atoms. The van der Waals surface area contributed by atoms with Crippen molar-refractivity contribution >= 4 is 12.2 Å². The molecule has 0 aromatic rings. The molecule has 0 aliphatic rings. The lowest BCUT2D eigenvalue weighted by Gasteiger charge is -2.29. The Morgan fingerprint density at radius 2 is 1.76 bits per heavy atom. The van der Waals surface area contributed by atoms with Gasteiger partial charge in [0.15, 0.2) is 0 Å². The molecule has 0 spiro atoms. The van der Waals surface area contributed by atoms with Gasteiger partial charge in [0.05, 0.1) is 0 Å². The van der Waals surface area contributed by atoms with Crippen LogP contribution >= 0.6 is 0 Å². The van der Waals surface area contributed by atoms with Crippen molar-refractivity contribution in [3.63, 3.8) is 0 Å². The monoisotopic (exact) mass is 300 g/mol. The summed E-state index contributed by atoms with van der Waals surface area (Å²) >= 11 is 0. The fourth-order valence-electron chi connectivity index (χ4n) is 1.46. The first kappa shape index (κ1) is 19.3. The first-order chi connectivity index (χ1) is 9.58. The molecule has 0 aromatic heterocycles. The predicted octanol–water partition coefficient (Wildman–Crippen LogP) is 2.89. The molecule has 6 heteroatoms. The minimum absolute atomic E-state index is 0.0191. The third kappa shape index (κ3) is 8.22. The minimum atomic E-state index is -0.536. The first-order valence-corrected chi connectivity index (χ1v) is 7.07. The Morgan fingerprint density at radius 3 is 2.19 bits per heavy atom. The smallest absolute Gasteiger partial charge is 0.410 e. The van der Waals surface area contributed by atoms with Crippen molar-refractivity contribution in [1.82, 2.24) is 9.80 Å². The second-order valence-electron chi connectivity index (χ2n) is 6.05. The number of amides is 2. The van der Waals surface area contributed by atoms with Gasteiger partial charge in [-0.05, 0) is 34.6 Å². The molecular formula is C15H28N2O4. The number of carbonyl (C=O) groups excluding carboxylic acids is 2. The molecule has 0 rings (SSSR count). The summed E-state index contributed by atoms with van der Waals surface area (Å²) in [6, 6.07) is -0.0191. The van der Waals surface area contributed by atoms with E-state index in [9.17, 15) is 9.59 Å². The SMILES string of the molecule is C=CCOC(=O)N(CCN(C)C(=O)OC(C)(C)C)C(C)C. The maximum Gasteiger partial charge on any atom is 0.410 e. The Hall–Kier alpha value is -1.72. The molecule has 0 aromatic carbocycles. The quantitative estimate of drug-likeness (QED) is 0.708. The van der Waals surface area contributed by atoms with Crippen LogP contribution in [0.25, 0.3) is 0 Å². The van der Waals surface area contributed by atoms with Crippen LogP contribution in [0.5, 0.6) is 0 Å². The normalized spacial score (nSPS) is 11.0. The molecular weight excluding hydrogens is 272 g/mol. The molecule has 0 saturated carbocycles. The summed E-state index contributed by atoms with van der Waals surface area (Å²) in [5.41, 5.74) is -0.536. The van der Waals surface area contributed by atoms with Gasteiger partial charge in [-0.25, -0.2) is 9.59 Å². The van der Waals surface area contributed by atoms with E-state index < -0.39 is 17.8 Å².